The molecule has 1 saturated heterocycles. The van der Waals surface area contributed by atoms with E-state index in [0.29, 0.717) is 30.4 Å². The predicted octanol–water partition coefficient (Wildman–Crippen LogP) is 9.18. The Morgan fingerprint density at radius 3 is 2.31 bits per heavy atom. The van der Waals surface area contributed by atoms with E-state index >= 15 is 0 Å². The first-order chi connectivity index (χ1) is 28.2. The molecule has 0 aliphatic carbocycles. The smallest absolute Gasteiger partial charge is 0.263 e. The minimum Gasteiger partial charge on any atom is -0.380 e. The van der Waals surface area contributed by atoms with Crippen molar-refractivity contribution in [3.63, 3.8) is 0 Å². The van der Waals surface area contributed by atoms with Gasteiger partial charge in [-0.25, -0.2) is 26.8 Å². The minimum absolute atomic E-state index is 0.0480. The zero-order valence-electron chi connectivity index (χ0n) is 34.1. The first kappa shape index (κ1) is 43.1. The lowest BCUT2D eigenvalue weighted by Gasteiger charge is -2.40. The summed E-state index contributed by atoms with van der Waals surface area (Å²) < 4.78 is 57.6. The summed E-state index contributed by atoms with van der Waals surface area (Å²) in [5.74, 6) is 0.934. The Hall–Kier alpha value is -3.98. The average molecular weight is 874 g/mol. The van der Waals surface area contributed by atoms with Crippen molar-refractivity contribution in [2.45, 2.75) is 98.0 Å². The van der Waals surface area contributed by atoms with Crippen molar-refractivity contribution in [3.05, 3.63) is 125 Å². The molecule has 0 spiro atoms. The van der Waals surface area contributed by atoms with Crippen LogP contribution in [0, 0.1) is 0 Å². The van der Waals surface area contributed by atoms with Crippen LogP contribution >= 0.6 is 23.4 Å². The first-order valence-corrected chi connectivity index (χ1v) is 24.5. The molecule has 0 amide bonds. The number of piperidine rings is 1. The zero-order chi connectivity index (χ0) is 41.8. The van der Waals surface area contributed by atoms with Gasteiger partial charge in [-0.05, 0) is 119 Å². The van der Waals surface area contributed by atoms with Crippen LogP contribution in [-0.4, -0.2) is 78.8 Å². The number of aromatic nitrogens is 2. The van der Waals surface area contributed by atoms with Gasteiger partial charge in [0.05, 0.1) is 25.9 Å². The van der Waals surface area contributed by atoms with E-state index in [0.717, 1.165) is 72.2 Å². The Balaban J connectivity index is 1.02. The molecular formula is C45H53ClN6O4S3. The Bertz CT molecular complexity index is 2460. The third-order valence-electron chi connectivity index (χ3n) is 11.3. The fourth-order valence-corrected chi connectivity index (χ4v) is 11.4. The molecule has 0 bridgehead atoms. The molecule has 1 atom stereocenters. The quantitative estimate of drug-likeness (QED) is 0.104. The highest BCUT2D eigenvalue weighted by Gasteiger charge is 2.35. The highest BCUT2D eigenvalue weighted by Crippen LogP contribution is 2.35. The van der Waals surface area contributed by atoms with E-state index in [1.807, 2.05) is 49.4 Å². The number of anilines is 2. The van der Waals surface area contributed by atoms with E-state index in [4.69, 9.17) is 11.6 Å². The van der Waals surface area contributed by atoms with Crippen LogP contribution < -0.4 is 10.0 Å². The lowest BCUT2D eigenvalue weighted by molar-refractivity contribution is 0.0937. The number of rotatable bonds is 14. The van der Waals surface area contributed by atoms with Gasteiger partial charge in [0.25, 0.3) is 10.0 Å². The van der Waals surface area contributed by atoms with Gasteiger partial charge in [0.15, 0.2) is 9.84 Å². The number of thioether (sulfide) groups is 1. The summed E-state index contributed by atoms with van der Waals surface area (Å²) in [7, 11) is -8.17. The second-order valence-corrected chi connectivity index (χ2v) is 22.2. The van der Waals surface area contributed by atoms with Gasteiger partial charge in [0.1, 0.15) is 12.1 Å². The van der Waals surface area contributed by atoms with Crippen LogP contribution in [0.1, 0.15) is 63.8 Å². The molecule has 2 N–H and O–H groups in total. The first-order valence-electron chi connectivity index (χ1n) is 20.2. The molecular weight excluding hydrogens is 820 g/mol. The van der Waals surface area contributed by atoms with Crippen molar-refractivity contribution in [3.8, 4) is 11.1 Å². The Kier molecular flexibility index (Phi) is 13.4. The summed E-state index contributed by atoms with van der Waals surface area (Å²) in [6, 6.07) is 31.2. The normalized spacial score (nSPS) is 16.4. The number of benzene rings is 4. The fourth-order valence-electron chi connectivity index (χ4n) is 7.75. The monoisotopic (exact) mass is 872 g/mol. The maximum absolute atomic E-state index is 14.0. The molecule has 312 valence electrons. The molecule has 14 heteroatoms. The summed E-state index contributed by atoms with van der Waals surface area (Å²) in [6.45, 7) is 11.1. The number of nitrogens with zero attached hydrogens (tertiary/aromatic N) is 4. The summed E-state index contributed by atoms with van der Waals surface area (Å²) in [6.07, 6.45) is 4.79. The van der Waals surface area contributed by atoms with E-state index in [1.54, 1.807) is 38.6 Å². The maximum atomic E-state index is 14.0. The average Bonchev–Trinajstić information content (AvgIpc) is 3.23. The van der Waals surface area contributed by atoms with Crippen LogP contribution in [0.3, 0.4) is 0 Å². The van der Waals surface area contributed by atoms with Gasteiger partial charge in [0, 0.05) is 53.0 Å². The zero-order valence-corrected chi connectivity index (χ0v) is 37.3. The van der Waals surface area contributed by atoms with Crippen molar-refractivity contribution in [1.29, 1.82) is 0 Å². The van der Waals surface area contributed by atoms with Gasteiger partial charge in [-0.2, -0.15) is 0 Å². The molecule has 4 aromatic carbocycles. The number of hydrogen-bond donors (Lipinski definition) is 2. The number of nitrogens with one attached hydrogen (secondary N) is 2. The van der Waals surface area contributed by atoms with Gasteiger partial charge in [0.2, 0.25) is 0 Å². The summed E-state index contributed by atoms with van der Waals surface area (Å²) in [4.78, 5) is 14.9. The van der Waals surface area contributed by atoms with Gasteiger partial charge >= 0.3 is 0 Å². The summed E-state index contributed by atoms with van der Waals surface area (Å²) in [5, 5.41) is 4.15. The molecule has 7 rings (SSSR count). The van der Waals surface area contributed by atoms with Gasteiger partial charge in [-0.1, -0.05) is 73.1 Å². The molecule has 0 unspecified atom stereocenters. The molecule has 10 nitrogen and oxygen atoms in total. The van der Waals surface area contributed by atoms with Crippen LogP contribution in [0.5, 0.6) is 0 Å². The molecule has 2 aliphatic rings. The van der Waals surface area contributed by atoms with Crippen LogP contribution in [0.15, 0.2) is 118 Å². The molecule has 3 heterocycles. The van der Waals surface area contributed by atoms with Gasteiger partial charge in [-0.3, -0.25) is 14.5 Å². The lowest BCUT2D eigenvalue weighted by Crippen LogP contribution is -2.46. The Morgan fingerprint density at radius 1 is 0.881 bits per heavy atom. The molecule has 2 aliphatic heterocycles. The van der Waals surface area contributed by atoms with Crippen molar-refractivity contribution in [2.24, 2.45) is 0 Å². The topological polar surface area (TPSA) is 125 Å². The summed E-state index contributed by atoms with van der Waals surface area (Å²) in [5.41, 5.74) is 5.64. The molecule has 1 aromatic heterocycles. The number of hydrogen-bond acceptors (Lipinski definition) is 10. The second-order valence-electron chi connectivity index (χ2n) is 16.3. The highest BCUT2D eigenvalue weighted by atomic mass is 35.5. The Labute approximate surface area is 359 Å². The molecule has 59 heavy (non-hydrogen) atoms. The Morgan fingerprint density at radius 2 is 1.59 bits per heavy atom. The second kappa shape index (κ2) is 18.3. The van der Waals surface area contributed by atoms with Crippen LogP contribution in [-0.2, 0) is 39.4 Å². The SMILES string of the molecule is CC[C@H](CSc1ccccc1)Nc1ccc(S(=O)(=O)Nc2ncnc3c2CCN(C2CCN(Cc4ccccc4-c4ccc(Cl)cc4)CC2)C3)cc1S(=O)(=O)C(C)(C)C. The standard InChI is InChI=1S/C45H53ClN6O4S3/c1-5-35(30-57-37-12-7-6-8-13-37)49-41-20-19-38(27-43(41)58(53,54)45(2,3)4)59(55,56)50-44-40-23-26-52(29-42(40)47-31-48-44)36-21-24-51(25-22-36)28-33-11-9-10-14-39(33)32-15-17-34(46)18-16-32/h6-20,27,31,35-36,49H,5,21-26,28-30H2,1-4H3,(H,47,48,50)/t35-/m1/s1. The fraction of sp³-hybridized carbons (Fsp3) is 0.378. The maximum Gasteiger partial charge on any atom is 0.263 e. The van der Waals surface area contributed by atoms with Crippen LogP contribution in [0.25, 0.3) is 11.1 Å². The number of sulfone groups is 1. The van der Waals surface area contributed by atoms with Crippen molar-refractivity contribution in [2.75, 3.05) is 35.4 Å². The van der Waals surface area contributed by atoms with E-state index < -0.39 is 24.6 Å². The number of likely N-dealkylation sites (tertiary alicyclic amines) is 1. The molecule has 1 fully saturated rings. The number of halogens is 1. The number of sulfonamides is 1. The molecule has 0 saturated carbocycles. The van der Waals surface area contributed by atoms with Crippen molar-refractivity contribution < 1.29 is 16.8 Å². The highest BCUT2D eigenvalue weighted by molar-refractivity contribution is 7.99. The van der Waals surface area contributed by atoms with Gasteiger partial charge < -0.3 is 5.32 Å². The van der Waals surface area contributed by atoms with E-state index in [2.05, 4.69) is 66.2 Å². The van der Waals surface area contributed by atoms with E-state index in [9.17, 15) is 16.8 Å². The van der Waals surface area contributed by atoms with E-state index in [-0.39, 0.29) is 21.7 Å². The molecule has 0 radical (unpaired) electrons. The molecule has 5 aromatic rings. The lowest BCUT2D eigenvalue weighted by atomic mass is 9.96. The third-order valence-corrected chi connectivity index (χ3v) is 16.6. The van der Waals surface area contributed by atoms with Crippen LogP contribution in [0.4, 0.5) is 11.5 Å². The summed E-state index contributed by atoms with van der Waals surface area (Å²) >= 11 is 7.84. The predicted molar refractivity (Wildman–Crippen MR) is 240 cm³/mol. The number of fused-ring (bicyclic) bond motifs is 1. The van der Waals surface area contributed by atoms with Crippen LogP contribution in [0.2, 0.25) is 5.02 Å². The third kappa shape index (κ3) is 10.1. The largest absolute Gasteiger partial charge is 0.380 e. The van der Waals surface area contributed by atoms with Crippen molar-refractivity contribution in [1.82, 2.24) is 19.8 Å². The van der Waals surface area contributed by atoms with E-state index in [1.165, 1.54) is 29.6 Å². The van der Waals surface area contributed by atoms with Gasteiger partial charge in [-0.15, -0.1) is 11.8 Å². The minimum atomic E-state index is -4.22. The van der Waals surface area contributed by atoms with Crippen molar-refractivity contribution >= 4 is 54.7 Å².